The third kappa shape index (κ3) is 1.18. The molecule has 0 amide bonds. The molecule has 1 heterocycles. The van der Waals surface area contributed by atoms with Crippen LogP contribution >= 0.6 is 11.7 Å². The van der Waals surface area contributed by atoms with Crippen molar-refractivity contribution in [3.8, 4) is 0 Å². The van der Waals surface area contributed by atoms with Crippen molar-refractivity contribution in [1.82, 2.24) is 8.75 Å². The quantitative estimate of drug-likeness (QED) is 0.629. The normalized spacial score (nSPS) is 17.8. The van der Waals surface area contributed by atoms with Gasteiger partial charge in [-0.2, -0.15) is 8.75 Å². The van der Waals surface area contributed by atoms with Gasteiger partial charge < -0.3 is 0 Å². The van der Waals surface area contributed by atoms with Gasteiger partial charge >= 0.3 is 0 Å². The van der Waals surface area contributed by atoms with E-state index < -0.39 is 0 Å². The number of aromatic nitrogens is 2. The molecule has 1 aliphatic carbocycles. The molecule has 0 aromatic carbocycles. The SMILES string of the molecule is O=C(c1cnsn1)C1CCC1. The molecular weight excluding hydrogens is 160 g/mol. The Morgan fingerprint density at radius 1 is 1.64 bits per heavy atom. The van der Waals surface area contributed by atoms with Gasteiger partial charge in [0.05, 0.1) is 17.9 Å². The lowest BCUT2D eigenvalue weighted by atomic mass is 9.81. The Kier molecular flexibility index (Phi) is 1.69. The van der Waals surface area contributed by atoms with E-state index in [4.69, 9.17) is 0 Å². The average Bonchev–Trinajstić information content (AvgIpc) is 2.32. The Labute approximate surface area is 68.8 Å². The maximum Gasteiger partial charge on any atom is 0.186 e. The van der Waals surface area contributed by atoms with Gasteiger partial charge in [0.15, 0.2) is 5.78 Å². The number of carbonyl (C=O) groups excluding carboxylic acids is 1. The Bertz CT molecular complexity index is 253. The van der Waals surface area contributed by atoms with Crippen molar-refractivity contribution >= 4 is 17.5 Å². The Morgan fingerprint density at radius 3 is 2.91 bits per heavy atom. The van der Waals surface area contributed by atoms with Crippen LogP contribution in [0.1, 0.15) is 29.8 Å². The molecule has 0 atom stereocenters. The molecule has 1 aliphatic rings. The second kappa shape index (κ2) is 2.70. The molecule has 0 bridgehead atoms. The molecule has 0 radical (unpaired) electrons. The maximum atomic E-state index is 11.4. The standard InChI is InChI=1S/C7H8N2OS/c10-7(5-2-1-3-5)6-4-8-11-9-6/h4-5H,1-3H2. The van der Waals surface area contributed by atoms with E-state index in [2.05, 4.69) is 8.75 Å². The van der Waals surface area contributed by atoms with Gasteiger partial charge in [-0.1, -0.05) is 6.42 Å². The van der Waals surface area contributed by atoms with E-state index in [0.29, 0.717) is 5.69 Å². The summed E-state index contributed by atoms with van der Waals surface area (Å²) >= 11 is 1.10. The Hall–Kier alpha value is -0.770. The summed E-state index contributed by atoms with van der Waals surface area (Å²) in [6.45, 7) is 0. The molecule has 0 aliphatic heterocycles. The number of ketones is 1. The van der Waals surface area contributed by atoms with Crippen molar-refractivity contribution in [3.63, 3.8) is 0 Å². The first-order valence-electron chi connectivity index (χ1n) is 3.69. The first-order valence-corrected chi connectivity index (χ1v) is 4.43. The van der Waals surface area contributed by atoms with Gasteiger partial charge in [0.25, 0.3) is 0 Å². The first kappa shape index (κ1) is 6.91. The summed E-state index contributed by atoms with van der Waals surface area (Å²) in [5.41, 5.74) is 0.555. The molecule has 3 nitrogen and oxygen atoms in total. The highest BCUT2D eigenvalue weighted by atomic mass is 32.1. The third-order valence-corrected chi connectivity index (χ3v) is 2.57. The van der Waals surface area contributed by atoms with E-state index in [1.54, 1.807) is 6.20 Å². The molecule has 0 saturated heterocycles. The largest absolute Gasteiger partial charge is 0.292 e. The van der Waals surface area contributed by atoms with Gasteiger partial charge in [-0.15, -0.1) is 0 Å². The minimum atomic E-state index is 0.185. The van der Waals surface area contributed by atoms with E-state index >= 15 is 0 Å². The van der Waals surface area contributed by atoms with E-state index in [0.717, 1.165) is 24.6 Å². The van der Waals surface area contributed by atoms with Gasteiger partial charge in [0.2, 0.25) is 0 Å². The van der Waals surface area contributed by atoms with Crippen LogP contribution in [0.4, 0.5) is 0 Å². The van der Waals surface area contributed by atoms with Crippen molar-refractivity contribution in [2.45, 2.75) is 19.3 Å². The molecule has 1 aromatic rings. The minimum absolute atomic E-state index is 0.185. The molecule has 1 saturated carbocycles. The molecule has 0 N–H and O–H groups in total. The predicted octanol–water partition coefficient (Wildman–Crippen LogP) is 1.52. The van der Waals surface area contributed by atoms with Gasteiger partial charge in [0.1, 0.15) is 5.69 Å². The minimum Gasteiger partial charge on any atom is -0.292 e. The number of hydrogen-bond acceptors (Lipinski definition) is 4. The first-order chi connectivity index (χ1) is 5.38. The van der Waals surface area contributed by atoms with Crippen LogP contribution in [-0.2, 0) is 0 Å². The van der Waals surface area contributed by atoms with Gasteiger partial charge in [-0.25, -0.2) is 0 Å². The summed E-state index contributed by atoms with van der Waals surface area (Å²) in [5.74, 6) is 0.434. The van der Waals surface area contributed by atoms with Crippen molar-refractivity contribution in [2.24, 2.45) is 5.92 Å². The number of Topliss-reactive ketones (excluding diaryl/α,β-unsaturated/α-hetero) is 1. The summed E-state index contributed by atoms with van der Waals surface area (Å²) in [6, 6.07) is 0. The number of carbonyl (C=O) groups is 1. The fourth-order valence-electron chi connectivity index (χ4n) is 1.15. The smallest absolute Gasteiger partial charge is 0.186 e. The molecule has 1 fully saturated rings. The number of rotatable bonds is 2. The fraction of sp³-hybridized carbons (Fsp3) is 0.571. The molecular formula is C7H8N2OS. The molecule has 0 unspecified atom stereocenters. The van der Waals surface area contributed by atoms with Crippen molar-refractivity contribution < 1.29 is 4.79 Å². The Balaban J connectivity index is 2.10. The van der Waals surface area contributed by atoms with Gasteiger partial charge in [0, 0.05) is 5.92 Å². The highest BCUT2D eigenvalue weighted by molar-refractivity contribution is 6.99. The van der Waals surface area contributed by atoms with E-state index in [-0.39, 0.29) is 11.7 Å². The van der Waals surface area contributed by atoms with E-state index in [9.17, 15) is 4.79 Å². The van der Waals surface area contributed by atoms with E-state index in [1.807, 2.05) is 0 Å². The van der Waals surface area contributed by atoms with Crippen LogP contribution in [0.25, 0.3) is 0 Å². The zero-order chi connectivity index (χ0) is 7.68. The summed E-state index contributed by atoms with van der Waals surface area (Å²) < 4.78 is 7.69. The maximum absolute atomic E-state index is 11.4. The second-order valence-corrected chi connectivity index (χ2v) is 3.34. The lowest BCUT2D eigenvalue weighted by Gasteiger charge is -2.22. The topological polar surface area (TPSA) is 42.9 Å². The van der Waals surface area contributed by atoms with Crippen LogP contribution in [-0.4, -0.2) is 14.5 Å². The second-order valence-electron chi connectivity index (χ2n) is 2.78. The molecule has 58 valence electrons. The fourth-order valence-corrected chi connectivity index (χ4v) is 1.57. The highest BCUT2D eigenvalue weighted by Gasteiger charge is 2.27. The lowest BCUT2D eigenvalue weighted by molar-refractivity contribution is 0.0851. The van der Waals surface area contributed by atoms with Gasteiger partial charge in [-0.3, -0.25) is 4.79 Å². The Morgan fingerprint density at radius 2 is 2.45 bits per heavy atom. The summed E-state index contributed by atoms with van der Waals surface area (Å²) in [5, 5.41) is 0. The summed E-state index contributed by atoms with van der Waals surface area (Å²) in [4.78, 5) is 11.4. The molecule has 2 rings (SSSR count). The highest BCUT2D eigenvalue weighted by Crippen LogP contribution is 2.29. The predicted molar refractivity (Wildman–Crippen MR) is 41.6 cm³/mol. The zero-order valence-electron chi connectivity index (χ0n) is 5.99. The van der Waals surface area contributed by atoms with Crippen LogP contribution in [0.3, 0.4) is 0 Å². The van der Waals surface area contributed by atoms with Crippen LogP contribution in [0.15, 0.2) is 6.20 Å². The van der Waals surface area contributed by atoms with Crippen LogP contribution in [0, 0.1) is 5.92 Å². The van der Waals surface area contributed by atoms with Crippen LogP contribution in [0.5, 0.6) is 0 Å². The summed E-state index contributed by atoms with van der Waals surface area (Å²) in [6.07, 6.45) is 4.83. The molecule has 1 aromatic heterocycles. The third-order valence-electron chi connectivity index (χ3n) is 2.09. The zero-order valence-corrected chi connectivity index (χ0v) is 6.80. The van der Waals surface area contributed by atoms with E-state index in [1.165, 1.54) is 6.42 Å². The molecule has 0 spiro atoms. The number of hydrogen-bond donors (Lipinski definition) is 0. The molecule has 4 heteroatoms. The van der Waals surface area contributed by atoms with Gasteiger partial charge in [-0.05, 0) is 12.8 Å². The van der Waals surface area contributed by atoms with Crippen molar-refractivity contribution in [1.29, 1.82) is 0 Å². The summed E-state index contributed by atoms with van der Waals surface area (Å²) in [7, 11) is 0. The lowest BCUT2D eigenvalue weighted by Crippen LogP contribution is -2.22. The van der Waals surface area contributed by atoms with Crippen LogP contribution < -0.4 is 0 Å². The average molecular weight is 168 g/mol. The van der Waals surface area contributed by atoms with Crippen LogP contribution in [0.2, 0.25) is 0 Å². The molecule has 11 heavy (non-hydrogen) atoms. The monoisotopic (exact) mass is 168 g/mol. The van der Waals surface area contributed by atoms with Crippen molar-refractivity contribution in [3.05, 3.63) is 11.9 Å². The van der Waals surface area contributed by atoms with Crippen molar-refractivity contribution in [2.75, 3.05) is 0 Å². The number of nitrogens with zero attached hydrogens (tertiary/aromatic N) is 2.